The van der Waals surface area contributed by atoms with Crippen molar-refractivity contribution in [1.29, 1.82) is 0 Å². The molecule has 0 amide bonds. The Hall–Kier alpha value is -3.15. The normalized spacial score (nSPS) is 13.5. The van der Waals surface area contributed by atoms with E-state index >= 15 is 0 Å². The molecule has 0 aliphatic heterocycles. The van der Waals surface area contributed by atoms with Crippen molar-refractivity contribution in [2.75, 3.05) is 6.61 Å². The van der Waals surface area contributed by atoms with E-state index in [0.717, 1.165) is 35.6 Å². The largest absolute Gasteiger partial charge is 0.453 e. The highest BCUT2D eigenvalue weighted by molar-refractivity contribution is 6.00. The van der Waals surface area contributed by atoms with Gasteiger partial charge in [-0.25, -0.2) is 9.48 Å². The second-order valence-electron chi connectivity index (χ2n) is 7.32. The Morgan fingerprint density at radius 2 is 1.86 bits per heavy atom. The fourth-order valence-corrected chi connectivity index (χ4v) is 3.31. The van der Waals surface area contributed by atoms with Crippen LogP contribution in [0.5, 0.6) is 0 Å². The van der Waals surface area contributed by atoms with Crippen molar-refractivity contribution < 1.29 is 14.3 Å². The zero-order valence-corrected chi connectivity index (χ0v) is 16.3. The highest BCUT2D eigenvalue weighted by Gasteiger charge is 2.29. The maximum atomic E-state index is 12.7. The molecule has 3 aromatic rings. The second kappa shape index (κ2) is 7.11. The monoisotopic (exact) mass is 377 g/mol. The lowest BCUT2D eigenvalue weighted by Gasteiger charge is -2.08. The number of ketones is 1. The van der Waals surface area contributed by atoms with E-state index in [1.165, 1.54) is 0 Å². The van der Waals surface area contributed by atoms with Crippen molar-refractivity contribution in [3.63, 3.8) is 0 Å². The van der Waals surface area contributed by atoms with E-state index in [2.05, 4.69) is 5.10 Å². The third kappa shape index (κ3) is 3.38. The average Bonchev–Trinajstić information content (AvgIpc) is 3.41. The van der Waals surface area contributed by atoms with E-state index in [1.54, 1.807) is 10.7 Å². The van der Waals surface area contributed by atoms with Crippen LogP contribution in [0.4, 0.5) is 0 Å². The maximum absolute atomic E-state index is 12.7. The fraction of sp³-hybridized carbons (Fsp3) is 0.318. The van der Waals surface area contributed by atoms with Crippen molar-refractivity contribution in [2.24, 2.45) is 7.05 Å². The summed E-state index contributed by atoms with van der Waals surface area (Å²) in [5.41, 5.74) is 4.48. The van der Waals surface area contributed by atoms with E-state index in [9.17, 15) is 9.59 Å². The molecule has 1 aliphatic carbocycles. The summed E-state index contributed by atoms with van der Waals surface area (Å²) in [4.78, 5) is 25.3. The molecule has 0 saturated heterocycles. The summed E-state index contributed by atoms with van der Waals surface area (Å²) >= 11 is 0. The molecule has 4 rings (SSSR count). The Kier molecular flexibility index (Phi) is 4.63. The van der Waals surface area contributed by atoms with Crippen molar-refractivity contribution in [3.05, 3.63) is 70.8 Å². The van der Waals surface area contributed by atoms with Gasteiger partial charge in [0.15, 0.2) is 12.3 Å². The number of hydrogen-bond acceptors (Lipinski definition) is 4. The van der Waals surface area contributed by atoms with E-state index in [1.807, 2.05) is 61.9 Å². The van der Waals surface area contributed by atoms with Gasteiger partial charge in [-0.1, -0.05) is 18.2 Å². The minimum Gasteiger partial charge on any atom is -0.453 e. The van der Waals surface area contributed by atoms with Crippen LogP contribution in [0.1, 0.15) is 56.7 Å². The fourth-order valence-electron chi connectivity index (χ4n) is 3.31. The van der Waals surface area contributed by atoms with Gasteiger partial charge in [0, 0.05) is 29.9 Å². The van der Waals surface area contributed by atoms with Gasteiger partial charge in [-0.15, -0.1) is 0 Å². The molecule has 0 atom stereocenters. The van der Waals surface area contributed by atoms with Crippen LogP contribution in [0.3, 0.4) is 0 Å². The third-order valence-electron chi connectivity index (χ3n) is 5.34. The number of nitrogens with zero attached hydrogens (tertiary/aromatic N) is 3. The lowest BCUT2D eigenvalue weighted by atomic mass is 10.1. The van der Waals surface area contributed by atoms with E-state index in [4.69, 9.17) is 4.74 Å². The number of rotatable bonds is 6. The Morgan fingerprint density at radius 1 is 1.14 bits per heavy atom. The van der Waals surface area contributed by atoms with Gasteiger partial charge in [0.25, 0.3) is 0 Å². The van der Waals surface area contributed by atoms with Crippen LogP contribution in [-0.2, 0) is 11.8 Å². The van der Waals surface area contributed by atoms with Gasteiger partial charge in [-0.05, 0) is 51.0 Å². The number of para-hydroxylation sites is 1. The van der Waals surface area contributed by atoms with Gasteiger partial charge < -0.3 is 9.30 Å². The molecule has 0 N–H and O–H groups in total. The number of carbonyl (C=O) groups is 2. The van der Waals surface area contributed by atoms with Crippen LogP contribution in [0.2, 0.25) is 0 Å². The van der Waals surface area contributed by atoms with Gasteiger partial charge in [0.2, 0.25) is 5.78 Å². The number of ether oxygens (including phenoxy) is 1. The number of aryl methyl sites for hydroxylation is 1. The predicted molar refractivity (Wildman–Crippen MR) is 105 cm³/mol. The quantitative estimate of drug-likeness (QED) is 0.485. The maximum Gasteiger partial charge on any atom is 0.357 e. The van der Waals surface area contributed by atoms with E-state index in [-0.39, 0.29) is 12.4 Å². The lowest BCUT2D eigenvalue weighted by Crippen LogP contribution is -2.17. The molecule has 144 valence electrons. The molecule has 0 unspecified atom stereocenters. The molecular formula is C22H23N3O3. The first-order valence-corrected chi connectivity index (χ1v) is 9.44. The predicted octanol–water partition coefficient (Wildman–Crippen LogP) is 3.74. The minimum atomic E-state index is -0.540. The standard InChI is InChI=1S/C22H23N3O3/c1-14-11-18(15(2)24(14)3)21(26)13-28-22(27)20-12-19(16-9-10-16)23-25(20)17-7-5-4-6-8-17/h4-8,11-12,16H,9-10,13H2,1-3H3. The number of esters is 1. The molecule has 28 heavy (non-hydrogen) atoms. The Morgan fingerprint density at radius 3 is 2.46 bits per heavy atom. The molecule has 0 radical (unpaired) electrons. The Balaban J connectivity index is 1.54. The zero-order valence-electron chi connectivity index (χ0n) is 16.3. The van der Waals surface area contributed by atoms with Crippen molar-refractivity contribution in [1.82, 2.24) is 14.3 Å². The molecule has 6 nitrogen and oxygen atoms in total. The average molecular weight is 377 g/mol. The number of benzene rings is 1. The minimum absolute atomic E-state index is 0.206. The molecular weight excluding hydrogens is 354 g/mol. The molecule has 2 aromatic heterocycles. The molecule has 6 heteroatoms. The van der Waals surface area contributed by atoms with Crippen LogP contribution in [0.25, 0.3) is 5.69 Å². The van der Waals surface area contributed by atoms with Gasteiger partial charge in [0.1, 0.15) is 0 Å². The van der Waals surface area contributed by atoms with Gasteiger partial charge in [0.05, 0.1) is 11.4 Å². The van der Waals surface area contributed by atoms with E-state index < -0.39 is 5.97 Å². The first-order chi connectivity index (χ1) is 13.5. The van der Waals surface area contributed by atoms with Crippen LogP contribution in [0.15, 0.2) is 42.5 Å². The molecule has 0 spiro atoms. The number of carbonyl (C=O) groups excluding carboxylic acids is 2. The Labute approximate surface area is 163 Å². The highest BCUT2D eigenvalue weighted by Crippen LogP contribution is 2.39. The Bertz CT molecular complexity index is 1040. The highest BCUT2D eigenvalue weighted by atomic mass is 16.5. The molecule has 0 bridgehead atoms. The first-order valence-electron chi connectivity index (χ1n) is 9.44. The number of Topliss-reactive ketones (excluding diaryl/α,β-unsaturated/α-hetero) is 1. The van der Waals surface area contributed by atoms with Crippen molar-refractivity contribution >= 4 is 11.8 Å². The van der Waals surface area contributed by atoms with E-state index in [0.29, 0.717) is 17.2 Å². The van der Waals surface area contributed by atoms with Crippen LogP contribution in [-0.4, -0.2) is 32.7 Å². The smallest absolute Gasteiger partial charge is 0.357 e. The lowest BCUT2D eigenvalue weighted by molar-refractivity contribution is 0.0465. The second-order valence-corrected chi connectivity index (χ2v) is 7.32. The number of aromatic nitrogens is 3. The SMILES string of the molecule is Cc1cc(C(=O)COC(=O)c2cc(C3CC3)nn2-c2ccccc2)c(C)n1C. The molecule has 1 aliphatic rings. The summed E-state index contributed by atoms with van der Waals surface area (Å²) in [5, 5.41) is 4.61. The van der Waals surface area contributed by atoms with Gasteiger partial charge >= 0.3 is 5.97 Å². The summed E-state index contributed by atoms with van der Waals surface area (Å²) in [6, 6.07) is 13.1. The molecule has 1 saturated carbocycles. The summed E-state index contributed by atoms with van der Waals surface area (Å²) in [7, 11) is 1.91. The molecule has 1 fully saturated rings. The van der Waals surface area contributed by atoms with Crippen molar-refractivity contribution in [3.8, 4) is 5.69 Å². The number of hydrogen-bond donors (Lipinski definition) is 0. The first kappa shape index (κ1) is 18.2. The summed E-state index contributed by atoms with van der Waals surface area (Å²) in [5.74, 6) is -0.335. The molecule has 1 aromatic carbocycles. The van der Waals surface area contributed by atoms with Crippen LogP contribution >= 0.6 is 0 Å². The third-order valence-corrected chi connectivity index (χ3v) is 5.34. The molecule has 2 heterocycles. The van der Waals surface area contributed by atoms with Gasteiger partial charge in [-0.2, -0.15) is 5.10 Å². The summed E-state index contributed by atoms with van der Waals surface area (Å²) in [6.07, 6.45) is 2.18. The zero-order chi connectivity index (χ0) is 19.8. The van der Waals surface area contributed by atoms with Crippen LogP contribution in [0, 0.1) is 13.8 Å². The van der Waals surface area contributed by atoms with Crippen LogP contribution < -0.4 is 0 Å². The van der Waals surface area contributed by atoms with Gasteiger partial charge in [-0.3, -0.25) is 4.79 Å². The topological polar surface area (TPSA) is 66.1 Å². The van der Waals surface area contributed by atoms with Crippen molar-refractivity contribution in [2.45, 2.75) is 32.6 Å². The summed E-state index contributed by atoms with van der Waals surface area (Å²) in [6.45, 7) is 3.53. The summed E-state index contributed by atoms with van der Waals surface area (Å²) < 4.78 is 8.92.